The molecule has 1 radical (unpaired) electrons. The van der Waals surface area contributed by atoms with Gasteiger partial charge in [-0.05, 0) is 35.4 Å². The first-order valence-corrected chi connectivity index (χ1v) is 8.22. The smallest absolute Gasteiger partial charge is 0.141 e. The molecule has 1 aromatic heterocycles. The van der Waals surface area contributed by atoms with Crippen LogP contribution in [0.4, 0.5) is 0 Å². The zero-order valence-electron chi connectivity index (χ0n) is 13.3. The molecule has 0 saturated carbocycles. The normalized spacial score (nSPS) is 15.2. The lowest BCUT2D eigenvalue weighted by molar-refractivity contribution is 0.333. The third-order valence-electron chi connectivity index (χ3n) is 4.23. The molecule has 24 heavy (non-hydrogen) atoms. The minimum atomic E-state index is 0.0396. The number of rotatable bonds is 3. The predicted molar refractivity (Wildman–Crippen MR) is 98.1 cm³/mol. The number of aromatic nitrogens is 1. The number of benzene rings is 2. The molecule has 0 amide bonds. The maximum Gasteiger partial charge on any atom is 0.141 e. The fraction of sp³-hybridized carbons (Fsp3) is 0.100. The summed E-state index contributed by atoms with van der Waals surface area (Å²) in [6.45, 7) is 2.08. The number of fused-ring (bicyclic) bond motifs is 1. The van der Waals surface area contributed by atoms with Gasteiger partial charge in [0.05, 0.1) is 11.6 Å². The van der Waals surface area contributed by atoms with Crippen LogP contribution in [0.15, 0.2) is 73.2 Å². The molecule has 4 heteroatoms. The van der Waals surface area contributed by atoms with Gasteiger partial charge < -0.3 is 9.80 Å². The zero-order valence-corrected chi connectivity index (χ0v) is 14.1. The van der Waals surface area contributed by atoms with Crippen LogP contribution in [-0.2, 0) is 0 Å². The average Bonchev–Trinajstić information content (AvgIpc) is 3.01. The second kappa shape index (κ2) is 6.17. The number of pyridine rings is 1. The van der Waals surface area contributed by atoms with Gasteiger partial charge in [-0.3, -0.25) is 4.98 Å². The highest BCUT2D eigenvalue weighted by Crippen LogP contribution is 2.36. The zero-order chi connectivity index (χ0) is 16.5. The van der Waals surface area contributed by atoms with E-state index in [9.17, 15) is 0 Å². The summed E-state index contributed by atoms with van der Waals surface area (Å²) in [6.07, 6.45) is 6.00. The molecule has 2 aromatic carbocycles. The molecule has 3 aromatic rings. The Morgan fingerprint density at radius 3 is 2.67 bits per heavy atom. The van der Waals surface area contributed by atoms with Crippen LogP contribution < -0.4 is 0 Å². The van der Waals surface area contributed by atoms with E-state index in [1.807, 2.05) is 54.7 Å². The van der Waals surface area contributed by atoms with Gasteiger partial charge in [-0.1, -0.05) is 41.9 Å². The van der Waals surface area contributed by atoms with Crippen LogP contribution in [0, 0.1) is 6.67 Å². The van der Waals surface area contributed by atoms with E-state index >= 15 is 0 Å². The van der Waals surface area contributed by atoms with Crippen molar-refractivity contribution in [1.29, 1.82) is 0 Å². The third-order valence-corrected chi connectivity index (χ3v) is 4.46. The standard InChI is InChI=1S/C20H17ClN3/c1-23-11-12-24(14-23)20(15-5-4-6-16(21)13-15)18-9-10-22-19-8-3-2-7-17(18)19/h2-14,20H,1H3. The first kappa shape index (κ1) is 15.0. The lowest BCUT2D eigenvalue weighted by Gasteiger charge is -2.30. The molecular formula is C20H17ClN3. The maximum absolute atomic E-state index is 6.26. The Morgan fingerprint density at radius 1 is 1.00 bits per heavy atom. The monoisotopic (exact) mass is 334 g/mol. The molecule has 0 spiro atoms. The molecule has 0 saturated heterocycles. The molecule has 0 fully saturated rings. The molecule has 2 heterocycles. The summed E-state index contributed by atoms with van der Waals surface area (Å²) in [5.74, 6) is 0. The molecule has 1 aliphatic rings. The van der Waals surface area contributed by atoms with Crippen LogP contribution in [0.25, 0.3) is 10.9 Å². The summed E-state index contributed by atoms with van der Waals surface area (Å²) < 4.78 is 0. The molecule has 0 N–H and O–H groups in total. The van der Waals surface area contributed by atoms with Crippen molar-refractivity contribution in [3.63, 3.8) is 0 Å². The Labute approximate surface area is 146 Å². The van der Waals surface area contributed by atoms with E-state index in [0.29, 0.717) is 0 Å². The van der Waals surface area contributed by atoms with Crippen LogP contribution in [0.1, 0.15) is 17.2 Å². The fourth-order valence-electron chi connectivity index (χ4n) is 3.17. The van der Waals surface area contributed by atoms with Crippen molar-refractivity contribution in [2.45, 2.75) is 6.04 Å². The lowest BCUT2D eigenvalue weighted by atomic mass is 9.95. The molecular weight excluding hydrogens is 318 g/mol. The minimum Gasteiger partial charge on any atom is -0.356 e. The summed E-state index contributed by atoms with van der Waals surface area (Å²) >= 11 is 6.26. The van der Waals surface area contributed by atoms with Crippen molar-refractivity contribution in [3.05, 3.63) is 96.0 Å². The minimum absolute atomic E-state index is 0.0396. The van der Waals surface area contributed by atoms with Gasteiger partial charge in [0.25, 0.3) is 0 Å². The Balaban J connectivity index is 1.90. The predicted octanol–water partition coefficient (Wildman–Crippen LogP) is 4.82. The van der Waals surface area contributed by atoms with E-state index in [2.05, 4.69) is 47.0 Å². The number of hydrogen-bond donors (Lipinski definition) is 0. The van der Waals surface area contributed by atoms with Gasteiger partial charge in [-0.15, -0.1) is 0 Å². The number of nitrogens with zero attached hydrogens (tertiary/aromatic N) is 3. The van der Waals surface area contributed by atoms with E-state index in [0.717, 1.165) is 21.5 Å². The average molecular weight is 335 g/mol. The van der Waals surface area contributed by atoms with Crippen LogP contribution in [0.2, 0.25) is 5.02 Å². The fourth-order valence-corrected chi connectivity index (χ4v) is 3.37. The van der Waals surface area contributed by atoms with Crippen LogP contribution >= 0.6 is 11.6 Å². The van der Waals surface area contributed by atoms with Crippen molar-refractivity contribution in [3.8, 4) is 0 Å². The van der Waals surface area contributed by atoms with Gasteiger partial charge in [0.1, 0.15) is 6.67 Å². The second-order valence-corrected chi connectivity index (χ2v) is 6.34. The summed E-state index contributed by atoms with van der Waals surface area (Å²) in [7, 11) is 2.02. The topological polar surface area (TPSA) is 19.4 Å². The third kappa shape index (κ3) is 2.72. The van der Waals surface area contributed by atoms with Gasteiger partial charge in [-0.25, -0.2) is 0 Å². The first-order chi connectivity index (χ1) is 11.7. The molecule has 0 aliphatic carbocycles. The maximum atomic E-state index is 6.26. The SMILES string of the molecule is CN1[CH]N(C(c2cccc(Cl)c2)c2ccnc3ccccc23)C=C1. The molecule has 0 bridgehead atoms. The quantitative estimate of drug-likeness (QED) is 0.685. The van der Waals surface area contributed by atoms with Crippen molar-refractivity contribution in [1.82, 2.24) is 14.8 Å². The van der Waals surface area contributed by atoms with Gasteiger partial charge in [0, 0.05) is 36.1 Å². The Hall–Kier alpha value is -2.52. The van der Waals surface area contributed by atoms with Gasteiger partial charge in [0.15, 0.2) is 0 Å². The van der Waals surface area contributed by atoms with Crippen molar-refractivity contribution in [2.75, 3.05) is 7.05 Å². The highest BCUT2D eigenvalue weighted by atomic mass is 35.5. The van der Waals surface area contributed by atoms with E-state index in [-0.39, 0.29) is 6.04 Å². The number of para-hydroxylation sites is 1. The van der Waals surface area contributed by atoms with E-state index in [1.54, 1.807) is 0 Å². The Kier molecular flexibility index (Phi) is 3.87. The van der Waals surface area contributed by atoms with Crippen molar-refractivity contribution in [2.24, 2.45) is 0 Å². The first-order valence-electron chi connectivity index (χ1n) is 7.84. The van der Waals surface area contributed by atoms with Gasteiger partial charge in [0.2, 0.25) is 0 Å². The molecule has 119 valence electrons. The molecule has 1 unspecified atom stereocenters. The Bertz CT molecular complexity index is 901. The van der Waals surface area contributed by atoms with Gasteiger partial charge >= 0.3 is 0 Å². The van der Waals surface area contributed by atoms with Crippen LogP contribution in [0.5, 0.6) is 0 Å². The summed E-state index contributed by atoms with van der Waals surface area (Å²) in [5.41, 5.74) is 3.35. The second-order valence-electron chi connectivity index (χ2n) is 5.90. The highest BCUT2D eigenvalue weighted by Gasteiger charge is 2.25. The molecule has 4 rings (SSSR count). The number of halogens is 1. The van der Waals surface area contributed by atoms with Crippen LogP contribution in [-0.4, -0.2) is 21.8 Å². The van der Waals surface area contributed by atoms with E-state index in [1.165, 1.54) is 5.56 Å². The van der Waals surface area contributed by atoms with Crippen molar-refractivity contribution >= 4 is 22.5 Å². The van der Waals surface area contributed by atoms with E-state index < -0.39 is 0 Å². The van der Waals surface area contributed by atoms with Crippen LogP contribution in [0.3, 0.4) is 0 Å². The van der Waals surface area contributed by atoms with E-state index in [4.69, 9.17) is 11.6 Å². The summed E-state index contributed by atoms with van der Waals surface area (Å²) in [4.78, 5) is 8.74. The van der Waals surface area contributed by atoms with Gasteiger partial charge in [-0.2, -0.15) is 0 Å². The largest absolute Gasteiger partial charge is 0.356 e. The lowest BCUT2D eigenvalue weighted by Crippen LogP contribution is -2.23. The molecule has 3 nitrogen and oxygen atoms in total. The Morgan fingerprint density at radius 2 is 1.88 bits per heavy atom. The van der Waals surface area contributed by atoms with Crippen molar-refractivity contribution < 1.29 is 0 Å². The highest BCUT2D eigenvalue weighted by molar-refractivity contribution is 6.30. The summed E-state index contributed by atoms with van der Waals surface area (Å²) in [6, 6.07) is 18.4. The number of hydrogen-bond acceptors (Lipinski definition) is 3. The summed E-state index contributed by atoms with van der Waals surface area (Å²) in [5, 5.41) is 1.90. The molecule has 1 aliphatic heterocycles. The molecule has 1 atom stereocenters.